The highest BCUT2D eigenvalue weighted by molar-refractivity contribution is 7.48. The Morgan fingerprint density at radius 1 is 1.28 bits per heavy atom. The van der Waals surface area contributed by atoms with Crippen molar-refractivity contribution in [3.05, 3.63) is 18.6 Å². The first-order chi connectivity index (χ1) is 12.1. The Hall–Kier alpha value is -1.51. The molecule has 0 aromatic carbocycles. The molecule has 3 heterocycles. The summed E-state index contributed by atoms with van der Waals surface area (Å²) >= 11 is 0. The van der Waals surface area contributed by atoms with Gasteiger partial charge in [-0.3, -0.25) is 13.6 Å². The number of phosphoric acid groups is 1. The molecule has 1 aliphatic rings. The largest absolute Gasteiger partial charge is 0.474 e. The Bertz CT molecular complexity index is 757. The van der Waals surface area contributed by atoms with E-state index in [2.05, 4.69) is 9.97 Å². The molecule has 0 spiro atoms. The predicted molar refractivity (Wildman–Crippen MR) is 91.9 cm³/mol. The summed E-state index contributed by atoms with van der Waals surface area (Å²) < 4.78 is 35.9. The second kappa shape index (κ2) is 7.80. The fourth-order valence-electron chi connectivity index (χ4n) is 2.83. The molecule has 2 N–H and O–H groups in total. The summed E-state index contributed by atoms with van der Waals surface area (Å²) in [5.74, 6) is 0.392. The zero-order chi connectivity index (χ0) is 17.9. The van der Waals surface area contributed by atoms with Crippen molar-refractivity contribution in [1.82, 2.24) is 14.5 Å². The molecule has 0 aliphatic carbocycles. The molecule has 2 aromatic rings. The van der Waals surface area contributed by atoms with Crippen LogP contribution in [0.5, 0.6) is 0 Å². The maximum absolute atomic E-state index is 12.3. The maximum atomic E-state index is 12.3. The van der Waals surface area contributed by atoms with Crippen LogP contribution >= 0.6 is 7.82 Å². The Labute approximate surface area is 146 Å². The van der Waals surface area contributed by atoms with Crippen LogP contribution in [0.1, 0.15) is 32.9 Å². The number of nitrogen functional groups attached to an aromatic ring is 1. The molecular formula is C15H23N4O5P. The first-order valence-corrected chi connectivity index (χ1v) is 9.78. The summed E-state index contributed by atoms with van der Waals surface area (Å²) in [6.07, 6.45) is 4.52. The fraction of sp³-hybridized carbons (Fsp3) is 0.600. The van der Waals surface area contributed by atoms with Gasteiger partial charge in [0.25, 0.3) is 0 Å². The van der Waals surface area contributed by atoms with Gasteiger partial charge in [-0.25, -0.2) is 14.5 Å². The average Bonchev–Trinajstić information content (AvgIpc) is 3.20. The van der Waals surface area contributed by atoms with Crippen LogP contribution in [0.4, 0.5) is 5.82 Å². The molecule has 25 heavy (non-hydrogen) atoms. The van der Waals surface area contributed by atoms with Gasteiger partial charge in [0.1, 0.15) is 11.7 Å². The van der Waals surface area contributed by atoms with Crippen LogP contribution in [0.2, 0.25) is 0 Å². The molecule has 3 rings (SSSR count). The van der Waals surface area contributed by atoms with Gasteiger partial charge in [-0.1, -0.05) is 0 Å². The molecule has 138 valence electrons. The second-order valence-corrected chi connectivity index (χ2v) is 7.25. The minimum Gasteiger partial charge on any atom is -0.382 e. The Morgan fingerprint density at radius 2 is 2.04 bits per heavy atom. The van der Waals surface area contributed by atoms with Crippen LogP contribution in [0, 0.1) is 0 Å². The molecular weight excluding hydrogens is 347 g/mol. The van der Waals surface area contributed by atoms with Crippen molar-refractivity contribution in [1.29, 1.82) is 0 Å². The lowest BCUT2D eigenvalue weighted by molar-refractivity contribution is -0.0237. The van der Waals surface area contributed by atoms with E-state index in [0.717, 1.165) is 18.4 Å². The lowest BCUT2D eigenvalue weighted by atomic mass is 10.2. The van der Waals surface area contributed by atoms with Gasteiger partial charge in [0.15, 0.2) is 5.82 Å². The molecule has 2 atom stereocenters. The number of ether oxygens (including phenoxy) is 1. The van der Waals surface area contributed by atoms with Crippen LogP contribution in [-0.4, -0.2) is 40.5 Å². The van der Waals surface area contributed by atoms with Crippen molar-refractivity contribution in [2.75, 3.05) is 25.6 Å². The summed E-state index contributed by atoms with van der Waals surface area (Å²) in [7, 11) is -3.52. The van der Waals surface area contributed by atoms with Gasteiger partial charge >= 0.3 is 7.82 Å². The topological polar surface area (TPSA) is 111 Å². The fourth-order valence-corrected chi connectivity index (χ4v) is 4.03. The maximum Gasteiger partial charge on any atom is 0.474 e. The zero-order valence-electron chi connectivity index (χ0n) is 14.3. The van der Waals surface area contributed by atoms with Crippen molar-refractivity contribution >= 4 is 24.7 Å². The summed E-state index contributed by atoms with van der Waals surface area (Å²) in [6.45, 7) is 4.12. The number of pyridine rings is 1. The lowest BCUT2D eigenvalue weighted by Gasteiger charge is -2.19. The number of fused-ring (bicyclic) bond motifs is 1. The number of hydrogen-bond acceptors (Lipinski definition) is 8. The van der Waals surface area contributed by atoms with Gasteiger partial charge in [0.2, 0.25) is 0 Å². The van der Waals surface area contributed by atoms with Crippen LogP contribution in [0.15, 0.2) is 18.6 Å². The molecule has 0 bridgehead atoms. The molecule has 1 aliphatic heterocycles. The molecule has 0 amide bonds. The molecule has 10 heteroatoms. The molecule has 0 radical (unpaired) electrons. The molecule has 9 nitrogen and oxygen atoms in total. The molecule has 0 saturated carbocycles. The standard InChI is InChI=1S/C15H23N4O5P/c1-3-21-25(20,22-4-2)23-9-11-5-6-13(24-11)19-10-18-14-12(19)7-8-17-15(14)16/h7-8,10-11,13H,3-6,9H2,1-2H3,(H2,16,17)/t11-,13+/m0/s1. The number of aromatic nitrogens is 3. The number of anilines is 1. The molecule has 1 fully saturated rings. The van der Waals surface area contributed by atoms with Gasteiger partial charge in [0, 0.05) is 6.20 Å². The molecule has 1 saturated heterocycles. The van der Waals surface area contributed by atoms with Crippen LogP contribution in [0.3, 0.4) is 0 Å². The number of rotatable bonds is 8. The van der Waals surface area contributed by atoms with E-state index in [9.17, 15) is 4.57 Å². The van der Waals surface area contributed by atoms with Crippen molar-refractivity contribution in [2.24, 2.45) is 0 Å². The highest BCUT2D eigenvalue weighted by atomic mass is 31.2. The Morgan fingerprint density at radius 3 is 2.76 bits per heavy atom. The third-order valence-corrected chi connectivity index (χ3v) is 5.52. The van der Waals surface area contributed by atoms with Gasteiger partial charge < -0.3 is 15.0 Å². The Balaban J connectivity index is 1.63. The first-order valence-electron chi connectivity index (χ1n) is 8.32. The normalized spacial score (nSPS) is 21.2. The van der Waals surface area contributed by atoms with E-state index in [0.29, 0.717) is 11.3 Å². The number of nitrogens with zero attached hydrogens (tertiary/aromatic N) is 3. The van der Waals surface area contributed by atoms with E-state index in [1.54, 1.807) is 26.4 Å². The lowest BCUT2D eigenvalue weighted by Crippen LogP contribution is -2.17. The third kappa shape index (κ3) is 4.02. The van der Waals surface area contributed by atoms with E-state index in [1.807, 2.05) is 10.6 Å². The smallest absolute Gasteiger partial charge is 0.382 e. The number of imidazole rings is 1. The summed E-state index contributed by atoms with van der Waals surface area (Å²) in [6, 6.07) is 1.85. The number of hydrogen-bond donors (Lipinski definition) is 1. The predicted octanol–water partition coefficient (Wildman–Crippen LogP) is 2.89. The van der Waals surface area contributed by atoms with Gasteiger partial charge in [-0.05, 0) is 32.8 Å². The highest BCUT2D eigenvalue weighted by Crippen LogP contribution is 2.49. The van der Waals surface area contributed by atoms with E-state index in [-0.39, 0.29) is 32.2 Å². The van der Waals surface area contributed by atoms with Gasteiger partial charge in [-0.15, -0.1) is 0 Å². The van der Waals surface area contributed by atoms with Crippen LogP contribution in [-0.2, 0) is 22.9 Å². The Kier molecular flexibility index (Phi) is 5.71. The third-order valence-electron chi connectivity index (χ3n) is 3.91. The van der Waals surface area contributed by atoms with E-state index in [4.69, 9.17) is 24.0 Å². The summed E-state index contributed by atoms with van der Waals surface area (Å²) in [4.78, 5) is 8.34. The second-order valence-electron chi connectivity index (χ2n) is 5.58. The van der Waals surface area contributed by atoms with E-state index in [1.165, 1.54) is 0 Å². The van der Waals surface area contributed by atoms with Crippen molar-refractivity contribution < 1.29 is 22.9 Å². The van der Waals surface area contributed by atoms with Gasteiger partial charge in [-0.2, -0.15) is 0 Å². The summed E-state index contributed by atoms with van der Waals surface area (Å²) in [5, 5.41) is 0. The van der Waals surface area contributed by atoms with Crippen LogP contribution in [0.25, 0.3) is 11.0 Å². The minimum atomic E-state index is -3.52. The number of nitrogens with two attached hydrogens (primary N) is 1. The van der Waals surface area contributed by atoms with Gasteiger partial charge in [0.05, 0.1) is 37.8 Å². The molecule has 0 unspecified atom stereocenters. The highest BCUT2D eigenvalue weighted by Gasteiger charge is 2.32. The van der Waals surface area contributed by atoms with Crippen molar-refractivity contribution in [2.45, 2.75) is 39.0 Å². The monoisotopic (exact) mass is 370 g/mol. The SMILES string of the molecule is CCOP(=O)(OCC)OC[C@@H]1CC[C@H](n2cnc3c(N)nccc32)O1. The van der Waals surface area contributed by atoms with Crippen molar-refractivity contribution in [3.8, 4) is 0 Å². The number of phosphoric ester groups is 1. The van der Waals surface area contributed by atoms with Crippen LogP contribution < -0.4 is 5.73 Å². The first kappa shape index (κ1) is 18.3. The summed E-state index contributed by atoms with van der Waals surface area (Å²) in [5.41, 5.74) is 7.37. The van der Waals surface area contributed by atoms with Crippen molar-refractivity contribution in [3.63, 3.8) is 0 Å². The van der Waals surface area contributed by atoms with E-state index >= 15 is 0 Å². The zero-order valence-corrected chi connectivity index (χ0v) is 15.2. The quantitative estimate of drug-likeness (QED) is 0.706. The molecule has 2 aromatic heterocycles. The average molecular weight is 370 g/mol. The van der Waals surface area contributed by atoms with E-state index < -0.39 is 7.82 Å². The minimum absolute atomic E-state index is 0.143.